The Balaban J connectivity index is 1.81. The van der Waals surface area contributed by atoms with Crippen molar-refractivity contribution in [2.75, 3.05) is 19.7 Å². The molecular formula is C13H17NO3. The van der Waals surface area contributed by atoms with E-state index in [4.69, 9.17) is 4.74 Å². The van der Waals surface area contributed by atoms with Crippen molar-refractivity contribution < 1.29 is 14.6 Å². The van der Waals surface area contributed by atoms with Gasteiger partial charge in [-0.1, -0.05) is 18.2 Å². The predicted octanol–water partition coefficient (Wildman–Crippen LogP) is 1.05. The van der Waals surface area contributed by atoms with Gasteiger partial charge < -0.3 is 14.7 Å². The predicted molar refractivity (Wildman–Crippen MR) is 63.8 cm³/mol. The maximum Gasteiger partial charge on any atom is 0.260 e. The maximum absolute atomic E-state index is 11.8. The summed E-state index contributed by atoms with van der Waals surface area (Å²) in [6.45, 7) is 1.18. The van der Waals surface area contributed by atoms with E-state index in [1.807, 2.05) is 30.3 Å². The van der Waals surface area contributed by atoms with E-state index < -0.39 is 0 Å². The second-order valence-electron chi connectivity index (χ2n) is 4.24. The van der Waals surface area contributed by atoms with E-state index in [-0.39, 0.29) is 18.6 Å². The minimum Gasteiger partial charge on any atom is -0.484 e. The number of aliphatic hydroxyl groups excluding tert-OH is 1. The van der Waals surface area contributed by atoms with Crippen LogP contribution in [0.25, 0.3) is 0 Å². The lowest BCUT2D eigenvalue weighted by Crippen LogP contribution is -2.44. The van der Waals surface area contributed by atoms with Crippen LogP contribution in [-0.4, -0.2) is 41.7 Å². The van der Waals surface area contributed by atoms with Crippen molar-refractivity contribution in [3.63, 3.8) is 0 Å². The van der Waals surface area contributed by atoms with Crippen LogP contribution in [0.2, 0.25) is 0 Å². The largest absolute Gasteiger partial charge is 0.484 e. The van der Waals surface area contributed by atoms with E-state index in [9.17, 15) is 9.90 Å². The summed E-state index contributed by atoms with van der Waals surface area (Å²) in [5.74, 6) is 0.631. The van der Waals surface area contributed by atoms with Crippen LogP contribution < -0.4 is 4.74 Å². The molecule has 4 heteroatoms. The van der Waals surface area contributed by atoms with Crippen LogP contribution in [0, 0.1) is 0 Å². The number of amides is 1. The smallest absolute Gasteiger partial charge is 0.260 e. The first-order valence-electron chi connectivity index (χ1n) is 5.89. The van der Waals surface area contributed by atoms with Gasteiger partial charge in [0.2, 0.25) is 0 Å². The van der Waals surface area contributed by atoms with Gasteiger partial charge in [0.15, 0.2) is 6.61 Å². The molecule has 1 aromatic rings. The van der Waals surface area contributed by atoms with E-state index >= 15 is 0 Å². The number of benzene rings is 1. The third-order valence-corrected chi connectivity index (χ3v) is 2.85. The molecule has 1 fully saturated rings. The summed E-state index contributed by atoms with van der Waals surface area (Å²) < 4.78 is 5.38. The number of nitrogens with zero attached hydrogens (tertiary/aromatic N) is 1. The molecule has 1 aliphatic rings. The van der Waals surface area contributed by atoms with Gasteiger partial charge in [0, 0.05) is 13.1 Å². The second-order valence-corrected chi connectivity index (χ2v) is 4.24. The van der Waals surface area contributed by atoms with Crippen LogP contribution >= 0.6 is 0 Å². The number of hydrogen-bond acceptors (Lipinski definition) is 3. The Morgan fingerprint density at radius 3 is 2.88 bits per heavy atom. The third kappa shape index (κ3) is 3.46. The highest BCUT2D eigenvalue weighted by molar-refractivity contribution is 5.77. The van der Waals surface area contributed by atoms with Crippen LogP contribution in [0.3, 0.4) is 0 Å². The average Bonchev–Trinajstić information content (AvgIpc) is 2.37. The number of piperidine rings is 1. The molecule has 1 N–H and O–H groups in total. The normalized spacial score (nSPS) is 20.1. The van der Waals surface area contributed by atoms with Crippen molar-refractivity contribution in [2.45, 2.75) is 18.9 Å². The summed E-state index contributed by atoms with van der Waals surface area (Å²) >= 11 is 0. The number of carbonyl (C=O) groups excluding carboxylic acids is 1. The molecule has 1 aromatic carbocycles. The van der Waals surface area contributed by atoms with Gasteiger partial charge in [-0.15, -0.1) is 0 Å². The number of β-amino-alcohol motifs (C(OH)–C–C–N with tert-alkyl or cyclic N) is 1. The Labute approximate surface area is 101 Å². The fraction of sp³-hybridized carbons (Fsp3) is 0.462. The Kier molecular flexibility index (Phi) is 3.98. The van der Waals surface area contributed by atoms with Crippen LogP contribution in [0.15, 0.2) is 30.3 Å². The topological polar surface area (TPSA) is 49.8 Å². The summed E-state index contributed by atoms with van der Waals surface area (Å²) in [5, 5.41) is 9.48. The van der Waals surface area contributed by atoms with Gasteiger partial charge in [0.25, 0.3) is 5.91 Å². The van der Waals surface area contributed by atoms with Crippen molar-refractivity contribution in [1.29, 1.82) is 0 Å². The SMILES string of the molecule is O=C(COc1ccccc1)N1CCC[C@H](O)C1. The zero-order chi connectivity index (χ0) is 12.1. The van der Waals surface area contributed by atoms with Gasteiger partial charge in [-0.25, -0.2) is 0 Å². The van der Waals surface area contributed by atoms with Gasteiger partial charge in [0.05, 0.1) is 6.10 Å². The number of aliphatic hydroxyl groups is 1. The van der Waals surface area contributed by atoms with Crippen molar-refractivity contribution in [3.8, 4) is 5.75 Å². The highest BCUT2D eigenvalue weighted by Gasteiger charge is 2.22. The van der Waals surface area contributed by atoms with Crippen LogP contribution in [-0.2, 0) is 4.79 Å². The highest BCUT2D eigenvalue weighted by atomic mass is 16.5. The van der Waals surface area contributed by atoms with E-state index in [1.54, 1.807) is 4.90 Å². The molecule has 2 rings (SSSR count). The average molecular weight is 235 g/mol. The maximum atomic E-state index is 11.8. The van der Waals surface area contributed by atoms with Gasteiger partial charge in [-0.3, -0.25) is 4.79 Å². The lowest BCUT2D eigenvalue weighted by Gasteiger charge is -2.29. The molecule has 1 aliphatic heterocycles. The van der Waals surface area contributed by atoms with Crippen molar-refractivity contribution >= 4 is 5.91 Å². The molecule has 1 heterocycles. The lowest BCUT2D eigenvalue weighted by molar-refractivity contribution is -0.136. The number of rotatable bonds is 3. The molecule has 0 unspecified atom stereocenters. The Hall–Kier alpha value is -1.55. The molecule has 0 aromatic heterocycles. The van der Waals surface area contributed by atoms with Gasteiger partial charge in [-0.05, 0) is 25.0 Å². The second kappa shape index (κ2) is 5.68. The first-order chi connectivity index (χ1) is 8.25. The lowest BCUT2D eigenvalue weighted by atomic mass is 10.1. The zero-order valence-corrected chi connectivity index (χ0v) is 9.71. The number of para-hydroxylation sites is 1. The molecule has 0 saturated carbocycles. The van der Waals surface area contributed by atoms with E-state index in [0.29, 0.717) is 18.8 Å². The molecule has 0 spiro atoms. The monoisotopic (exact) mass is 235 g/mol. The first kappa shape index (κ1) is 11.9. The van der Waals surface area contributed by atoms with E-state index in [2.05, 4.69) is 0 Å². The van der Waals surface area contributed by atoms with Crippen LogP contribution in [0.1, 0.15) is 12.8 Å². The molecule has 1 amide bonds. The quantitative estimate of drug-likeness (QED) is 0.852. The summed E-state index contributed by atoms with van der Waals surface area (Å²) in [5.41, 5.74) is 0. The van der Waals surface area contributed by atoms with Gasteiger partial charge >= 0.3 is 0 Å². The van der Waals surface area contributed by atoms with Crippen LogP contribution in [0.4, 0.5) is 0 Å². The molecule has 1 atom stereocenters. The van der Waals surface area contributed by atoms with Crippen molar-refractivity contribution in [2.24, 2.45) is 0 Å². The van der Waals surface area contributed by atoms with Gasteiger partial charge in [-0.2, -0.15) is 0 Å². The molecular weight excluding hydrogens is 218 g/mol. The molecule has 0 aliphatic carbocycles. The van der Waals surface area contributed by atoms with Crippen LogP contribution in [0.5, 0.6) is 5.75 Å². The van der Waals surface area contributed by atoms with E-state index in [0.717, 1.165) is 12.8 Å². The number of carbonyl (C=O) groups is 1. The fourth-order valence-electron chi connectivity index (χ4n) is 1.93. The molecule has 0 radical (unpaired) electrons. The Bertz CT molecular complexity index is 366. The summed E-state index contributed by atoms with van der Waals surface area (Å²) in [7, 11) is 0. The summed E-state index contributed by atoms with van der Waals surface area (Å²) in [4.78, 5) is 13.5. The minimum absolute atomic E-state index is 0.0384. The number of likely N-dealkylation sites (tertiary alicyclic amines) is 1. The molecule has 92 valence electrons. The third-order valence-electron chi connectivity index (χ3n) is 2.85. The first-order valence-corrected chi connectivity index (χ1v) is 5.89. The highest BCUT2D eigenvalue weighted by Crippen LogP contribution is 2.12. The van der Waals surface area contributed by atoms with Crippen molar-refractivity contribution in [1.82, 2.24) is 4.90 Å². The molecule has 0 bridgehead atoms. The molecule has 17 heavy (non-hydrogen) atoms. The molecule has 4 nitrogen and oxygen atoms in total. The van der Waals surface area contributed by atoms with Crippen molar-refractivity contribution in [3.05, 3.63) is 30.3 Å². The fourth-order valence-corrected chi connectivity index (χ4v) is 1.93. The summed E-state index contributed by atoms with van der Waals surface area (Å²) in [6.07, 6.45) is 1.26. The zero-order valence-electron chi connectivity index (χ0n) is 9.71. The number of hydrogen-bond donors (Lipinski definition) is 1. The summed E-state index contributed by atoms with van der Waals surface area (Å²) in [6, 6.07) is 9.27. The van der Waals surface area contributed by atoms with Gasteiger partial charge in [0.1, 0.15) is 5.75 Å². The Morgan fingerprint density at radius 1 is 1.41 bits per heavy atom. The Morgan fingerprint density at radius 2 is 2.18 bits per heavy atom. The minimum atomic E-state index is -0.385. The number of ether oxygens (including phenoxy) is 1. The molecule has 1 saturated heterocycles. The standard InChI is InChI=1S/C13H17NO3/c15-11-5-4-8-14(9-11)13(16)10-17-12-6-2-1-3-7-12/h1-3,6-7,11,15H,4-5,8-10H2/t11-/m0/s1. The van der Waals surface area contributed by atoms with E-state index in [1.165, 1.54) is 0 Å².